The Bertz CT molecular complexity index is 2230. The van der Waals surface area contributed by atoms with Gasteiger partial charge in [-0.1, -0.05) is 36.7 Å². The highest BCUT2D eigenvalue weighted by atomic mass is 35.5. The van der Waals surface area contributed by atoms with Crippen molar-refractivity contribution in [2.75, 3.05) is 31.6 Å². The van der Waals surface area contributed by atoms with E-state index in [0.29, 0.717) is 56.0 Å². The Hall–Kier alpha value is -4.25. The van der Waals surface area contributed by atoms with E-state index in [0.717, 1.165) is 23.8 Å². The number of aromatic nitrogens is 4. The maximum absolute atomic E-state index is 14.4. The quantitative estimate of drug-likeness (QED) is 0.283. The Balaban J connectivity index is 1.28. The van der Waals surface area contributed by atoms with Crippen molar-refractivity contribution in [1.82, 2.24) is 23.5 Å². The molecule has 1 aliphatic carbocycles. The van der Waals surface area contributed by atoms with Crippen LogP contribution in [0.1, 0.15) is 61.2 Å². The molecule has 0 bridgehead atoms. The number of nitrogens with one attached hydrogen (secondary N) is 1. The molecule has 0 saturated carbocycles. The van der Waals surface area contributed by atoms with E-state index in [-0.39, 0.29) is 52.7 Å². The lowest BCUT2D eigenvalue weighted by Crippen LogP contribution is -2.46. The number of nitrogens with zero attached hydrogens (tertiary/aromatic N) is 5. The first-order valence-electron chi connectivity index (χ1n) is 16.0. The summed E-state index contributed by atoms with van der Waals surface area (Å²) in [6.45, 7) is 2.53. The van der Waals surface area contributed by atoms with Crippen molar-refractivity contribution >= 4 is 44.6 Å². The number of amides is 1. The molecule has 2 aromatic carbocycles. The van der Waals surface area contributed by atoms with Gasteiger partial charge < -0.3 is 19.7 Å². The van der Waals surface area contributed by atoms with Gasteiger partial charge in [0, 0.05) is 29.8 Å². The first kappa shape index (κ1) is 34.2. The highest BCUT2D eigenvalue weighted by Crippen LogP contribution is 2.51. The zero-order chi connectivity index (χ0) is 35.6. The predicted octanol–water partition coefficient (Wildman–Crippen LogP) is 4.94. The number of alkyl halides is 3. The van der Waals surface area contributed by atoms with Crippen molar-refractivity contribution in [2.24, 2.45) is 0 Å². The Kier molecular flexibility index (Phi) is 8.56. The van der Waals surface area contributed by atoms with Crippen molar-refractivity contribution in [3.8, 4) is 5.75 Å². The van der Waals surface area contributed by atoms with Gasteiger partial charge in [-0.15, -0.1) is 5.10 Å². The second kappa shape index (κ2) is 12.5. The molecule has 264 valence electrons. The molecular formula is C33H32ClF3N6O6S. The summed E-state index contributed by atoms with van der Waals surface area (Å²) in [6, 6.07) is 8.36. The number of phenols is 1. The molecule has 3 aliphatic rings. The normalized spacial score (nSPS) is 19.5. The fourth-order valence-electron chi connectivity index (χ4n) is 7.44. The number of anilines is 1. The van der Waals surface area contributed by atoms with Gasteiger partial charge in [-0.2, -0.15) is 27.0 Å². The lowest BCUT2D eigenvalue weighted by Gasteiger charge is -2.39. The maximum Gasteiger partial charge on any atom is 0.416 e. The van der Waals surface area contributed by atoms with Crippen LogP contribution >= 0.6 is 11.6 Å². The number of para-hydroxylation sites is 1. The highest BCUT2D eigenvalue weighted by molar-refractivity contribution is 7.89. The molecule has 4 aromatic rings. The van der Waals surface area contributed by atoms with Gasteiger partial charge in [0.05, 0.1) is 29.5 Å². The number of phenolic OH excluding ortho intramolecular Hbond substituents is 1. The van der Waals surface area contributed by atoms with Crippen molar-refractivity contribution < 1.29 is 36.2 Å². The lowest BCUT2D eigenvalue weighted by atomic mass is 9.74. The van der Waals surface area contributed by atoms with Gasteiger partial charge in [-0.05, 0) is 67.5 Å². The second-order valence-electron chi connectivity index (χ2n) is 12.9. The molecule has 1 unspecified atom stereocenters. The fraction of sp³-hybridized carbons (Fsp3) is 0.394. The summed E-state index contributed by atoms with van der Waals surface area (Å²) >= 11 is 6.13. The molecule has 50 heavy (non-hydrogen) atoms. The van der Waals surface area contributed by atoms with Gasteiger partial charge in [0.15, 0.2) is 5.82 Å². The number of hydrogen-bond acceptors (Lipinski definition) is 8. The van der Waals surface area contributed by atoms with Crippen LogP contribution in [-0.2, 0) is 37.7 Å². The number of carbonyl (C=O) groups is 1. The third-order valence-electron chi connectivity index (χ3n) is 9.76. The molecule has 1 amide bonds. The number of fused-ring (bicyclic) bond motifs is 3. The Labute approximate surface area is 289 Å². The number of piperidine rings is 1. The summed E-state index contributed by atoms with van der Waals surface area (Å²) in [5.74, 6) is -0.803. The largest absolute Gasteiger partial charge is 0.507 e. The molecule has 0 radical (unpaired) electrons. The number of carbonyl (C=O) groups excluding carboxylic acids is 1. The Morgan fingerprint density at radius 1 is 1.18 bits per heavy atom. The van der Waals surface area contributed by atoms with Gasteiger partial charge >= 0.3 is 6.18 Å². The van der Waals surface area contributed by atoms with Crippen LogP contribution in [0.5, 0.6) is 5.75 Å². The molecule has 2 aromatic heterocycles. The number of rotatable bonds is 6. The molecule has 12 nitrogen and oxygen atoms in total. The molecule has 1 spiro atoms. The summed E-state index contributed by atoms with van der Waals surface area (Å²) < 4.78 is 76.1. The van der Waals surface area contributed by atoms with Crippen LogP contribution < -0.4 is 10.9 Å². The van der Waals surface area contributed by atoms with E-state index in [2.05, 4.69) is 10.4 Å². The molecule has 4 heterocycles. The SMILES string of the molecule is CC1CC2(CCN(S(=O)(=O)c3ccccc3O)CC2)c2c1n(CC(=O)Nc1ccc(C(F)(F)F)cc1Cl)c1nc(C3=CCOCC3)nn1c2=O. The van der Waals surface area contributed by atoms with Crippen LogP contribution in [0.4, 0.5) is 18.9 Å². The zero-order valence-corrected chi connectivity index (χ0v) is 28.3. The van der Waals surface area contributed by atoms with E-state index in [1.165, 1.54) is 33.1 Å². The molecule has 1 saturated heterocycles. The van der Waals surface area contributed by atoms with Gasteiger partial charge in [-0.3, -0.25) is 9.59 Å². The highest BCUT2D eigenvalue weighted by Gasteiger charge is 2.50. The summed E-state index contributed by atoms with van der Waals surface area (Å²) in [6.07, 6.45) is -1.18. The standard InChI is InChI=1S/C33H32ClF3N6O6S/c1-19-17-32(10-12-41(13-11-32)50(47,48)25-5-3-2-4-24(25)44)27-28(19)42(18-26(45)38-23-7-6-21(16-22(23)34)33(35,36)37)31-39-29(40-43(31)30(27)46)20-8-14-49-15-9-20/h2-8,16,19,44H,9-15,17-18H2,1H3,(H,38,45). The first-order chi connectivity index (χ1) is 23.7. The van der Waals surface area contributed by atoms with E-state index >= 15 is 0 Å². The monoisotopic (exact) mass is 732 g/mol. The van der Waals surface area contributed by atoms with E-state index in [1.807, 2.05) is 13.0 Å². The van der Waals surface area contributed by atoms with Crippen LogP contribution in [0.2, 0.25) is 5.02 Å². The molecule has 7 rings (SSSR count). The average Bonchev–Trinajstić information content (AvgIpc) is 3.64. The Morgan fingerprint density at radius 3 is 2.58 bits per heavy atom. The molecule has 17 heteroatoms. The Morgan fingerprint density at radius 2 is 1.92 bits per heavy atom. The molecule has 2 aliphatic heterocycles. The number of aromatic hydroxyl groups is 1. The van der Waals surface area contributed by atoms with Crippen molar-refractivity contribution in [1.29, 1.82) is 0 Å². The summed E-state index contributed by atoms with van der Waals surface area (Å²) in [5, 5.41) is 17.1. The minimum absolute atomic E-state index is 0.0181. The van der Waals surface area contributed by atoms with E-state index < -0.39 is 38.6 Å². The fourth-order valence-corrected chi connectivity index (χ4v) is 9.19. The topological polar surface area (TPSA) is 148 Å². The smallest absolute Gasteiger partial charge is 0.416 e. The van der Waals surface area contributed by atoms with Gasteiger partial charge in [-0.25, -0.2) is 8.42 Å². The zero-order valence-electron chi connectivity index (χ0n) is 26.7. The minimum Gasteiger partial charge on any atom is -0.507 e. The molecule has 1 atom stereocenters. The minimum atomic E-state index is -4.62. The summed E-state index contributed by atoms with van der Waals surface area (Å²) in [4.78, 5) is 32.5. The van der Waals surface area contributed by atoms with Crippen LogP contribution in [0.25, 0.3) is 11.4 Å². The van der Waals surface area contributed by atoms with E-state index in [4.69, 9.17) is 21.3 Å². The first-order valence-corrected chi connectivity index (χ1v) is 17.8. The lowest BCUT2D eigenvalue weighted by molar-refractivity contribution is -0.137. The second-order valence-corrected chi connectivity index (χ2v) is 15.2. The van der Waals surface area contributed by atoms with Crippen LogP contribution in [-0.4, -0.2) is 69.2 Å². The predicted molar refractivity (Wildman–Crippen MR) is 177 cm³/mol. The van der Waals surface area contributed by atoms with Crippen LogP contribution in [0.15, 0.2) is 58.2 Å². The van der Waals surface area contributed by atoms with E-state index in [1.54, 1.807) is 4.57 Å². The maximum atomic E-state index is 14.4. The van der Waals surface area contributed by atoms with Gasteiger partial charge in [0.2, 0.25) is 21.7 Å². The number of sulfonamides is 1. The van der Waals surface area contributed by atoms with Gasteiger partial charge in [0.25, 0.3) is 5.56 Å². The number of hydrogen-bond donors (Lipinski definition) is 2. The molecular weight excluding hydrogens is 701 g/mol. The van der Waals surface area contributed by atoms with Crippen LogP contribution in [0, 0.1) is 0 Å². The van der Waals surface area contributed by atoms with Crippen molar-refractivity contribution in [2.45, 2.75) is 61.6 Å². The van der Waals surface area contributed by atoms with Crippen molar-refractivity contribution in [3.05, 3.63) is 86.6 Å². The third kappa shape index (κ3) is 5.87. The molecule has 1 fully saturated rings. The molecule has 2 N–H and O–H groups in total. The summed E-state index contributed by atoms with van der Waals surface area (Å²) in [7, 11) is -4.02. The average molecular weight is 733 g/mol. The number of ether oxygens (including phenoxy) is 1. The van der Waals surface area contributed by atoms with Gasteiger partial charge in [0.1, 0.15) is 17.2 Å². The summed E-state index contributed by atoms with van der Waals surface area (Å²) in [5.41, 5.74) is -0.373. The van der Waals surface area contributed by atoms with Crippen molar-refractivity contribution in [3.63, 3.8) is 0 Å². The van der Waals surface area contributed by atoms with Crippen LogP contribution in [0.3, 0.4) is 0 Å². The third-order valence-corrected chi connectivity index (χ3v) is 12.0. The number of benzene rings is 2. The number of halogens is 4. The van der Waals surface area contributed by atoms with E-state index in [9.17, 15) is 36.3 Å².